The zero-order valence-corrected chi connectivity index (χ0v) is 14.3. The van der Waals surface area contributed by atoms with Crippen molar-refractivity contribution < 1.29 is 18.9 Å². The fourth-order valence-corrected chi connectivity index (χ4v) is 2.41. The van der Waals surface area contributed by atoms with Gasteiger partial charge < -0.3 is 10.1 Å². The Hall–Kier alpha value is -2.40. The number of aryl methyl sites for hydroxylation is 1. The molecule has 1 heterocycles. The van der Waals surface area contributed by atoms with Crippen molar-refractivity contribution >= 4 is 29.2 Å². The number of hydrogen-bond donors (Lipinski definition) is 1. The molecule has 0 aliphatic carbocycles. The molecule has 0 aliphatic heterocycles. The molecular weight excluding hydrogens is 328 g/mol. The van der Waals surface area contributed by atoms with E-state index in [9.17, 15) is 9.59 Å². The van der Waals surface area contributed by atoms with Gasteiger partial charge in [0, 0.05) is 25.0 Å². The van der Waals surface area contributed by atoms with Crippen LogP contribution in [0.1, 0.15) is 29.6 Å². The molecule has 0 saturated heterocycles. The lowest BCUT2D eigenvalue weighted by atomic mass is 10.2. The van der Waals surface area contributed by atoms with Crippen LogP contribution >= 0.6 is 11.6 Å². The molecule has 0 radical (unpaired) electrons. The van der Waals surface area contributed by atoms with Gasteiger partial charge in [-0.25, -0.2) is 9.36 Å². The average Bonchev–Trinajstić information content (AvgIpc) is 2.61. The minimum Gasteiger partial charge on any atom is -0.465 e. The van der Waals surface area contributed by atoms with Gasteiger partial charge in [0.25, 0.3) is 0 Å². The van der Waals surface area contributed by atoms with Crippen LogP contribution in [0, 0.1) is 0 Å². The number of anilines is 1. The standard InChI is InChI=1S/C18H19ClN2O3/c1-24-18(23)14-8-9-15(19)16(13-14)20-17(22)7-3-6-12-21-10-4-2-5-11-21/h2,4-5,8-11,13H,3,6-7,12H2,1H3/p+1. The number of unbranched alkanes of at least 4 members (excludes halogenated alkanes) is 1. The van der Waals surface area contributed by atoms with Crippen molar-refractivity contribution in [1.82, 2.24) is 0 Å². The maximum absolute atomic E-state index is 12.0. The molecule has 5 nitrogen and oxygen atoms in total. The molecule has 1 amide bonds. The van der Waals surface area contributed by atoms with Crippen LogP contribution in [0.5, 0.6) is 0 Å². The number of nitrogens with zero attached hydrogens (tertiary/aromatic N) is 1. The van der Waals surface area contributed by atoms with Crippen LogP contribution in [0.25, 0.3) is 0 Å². The molecule has 0 unspecified atom stereocenters. The van der Waals surface area contributed by atoms with Gasteiger partial charge in [0.1, 0.15) is 6.54 Å². The Morgan fingerprint density at radius 2 is 1.92 bits per heavy atom. The SMILES string of the molecule is COC(=O)c1ccc(Cl)c(NC(=O)CCCC[n+]2ccccc2)c1. The Kier molecular flexibility index (Phi) is 6.75. The lowest BCUT2D eigenvalue weighted by Gasteiger charge is -2.08. The second-order valence-electron chi connectivity index (χ2n) is 5.30. The quantitative estimate of drug-likeness (QED) is 0.475. The van der Waals surface area contributed by atoms with Crippen LogP contribution in [0.3, 0.4) is 0 Å². The van der Waals surface area contributed by atoms with E-state index in [2.05, 4.69) is 14.6 Å². The highest BCUT2D eigenvalue weighted by Crippen LogP contribution is 2.23. The first kappa shape index (κ1) is 17.9. The van der Waals surface area contributed by atoms with E-state index >= 15 is 0 Å². The summed E-state index contributed by atoms with van der Waals surface area (Å²) in [6.07, 6.45) is 6.06. The molecule has 6 heteroatoms. The number of ether oxygens (including phenoxy) is 1. The third kappa shape index (κ3) is 5.35. The highest BCUT2D eigenvalue weighted by Gasteiger charge is 2.11. The van der Waals surface area contributed by atoms with E-state index in [0.717, 1.165) is 19.4 Å². The van der Waals surface area contributed by atoms with E-state index in [1.165, 1.54) is 13.2 Å². The predicted molar refractivity (Wildman–Crippen MR) is 91.9 cm³/mol. The number of rotatable bonds is 7. The first-order chi connectivity index (χ1) is 11.6. The van der Waals surface area contributed by atoms with Gasteiger partial charge in [0.15, 0.2) is 12.4 Å². The summed E-state index contributed by atoms with van der Waals surface area (Å²) in [5.74, 6) is -0.598. The molecule has 0 bridgehead atoms. The number of pyridine rings is 1. The number of methoxy groups -OCH3 is 1. The summed E-state index contributed by atoms with van der Waals surface area (Å²) in [6, 6.07) is 10.6. The van der Waals surface area contributed by atoms with Gasteiger partial charge in [-0.3, -0.25) is 4.79 Å². The van der Waals surface area contributed by atoms with Crippen molar-refractivity contribution in [2.75, 3.05) is 12.4 Å². The average molecular weight is 348 g/mol. The highest BCUT2D eigenvalue weighted by atomic mass is 35.5. The third-order valence-corrected chi connectivity index (χ3v) is 3.84. The maximum Gasteiger partial charge on any atom is 0.337 e. The number of halogens is 1. The summed E-state index contributed by atoms with van der Waals surface area (Å²) in [6.45, 7) is 0.868. The Bertz CT molecular complexity index is 705. The van der Waals surface area contributed by atoms with Crippen LogP contribution in [-0.2, 0) is 16.1 Å². The monoisotopic (exact) mass is 347 g/mol. The summed E-state index contributed by atoms with van der Waals surface area (Å²) in [5.41, 5.74) is 0.764. The number of esters is 1. The van der Waals surface area contributed by atoms with Gasteiger partial charge in [-0.1, -0.05) is 17.7 Å². The summed E-state index contributed by atoms with van der Waals surface area (Å²) >= 11 is 6.06. The van der Waals surface area contributed by atoms with Gasteiger partial charge in [-0.15, -0.1) is 0 Å². The molecule has 0 aliphatic rings. The number of carbonyl (C=O) groups is 2. The lowest BCUT2D eigenvalue weighted by Crippen LogP contribution is -2.32. The van der Waals surface area contributed by atoms with E-state index in [1.54, 1.807) is 12.1 Å². The van der Waals surface area contributed by atoms with Crippen LogP contribution in [0.4, 0.5) is 5.69 Å². The number of nitrogens with one attached hydrogen (secondary N) is 1. The Balaban J connectivity index is 1.82. The zero-order chi connectivity index (χ0) is 17.4. The van der Waals surface area contributed by atoms with Gasteiger partial charge in [-0.2, -0.15) is 0 Å². The summed E-state index contributed by atoms with van der Waals surface area (Å²) in [5, 5.41) is 3.13. The number of amides is 1. The van der Waals surface area contributed by atoms with Crippen molar-refractivity contribution in [2.24, 2.45) is 0 Å². The van der Waals surface area contributed by atoms with Crippen molar-refractivity contribution in [2.45, 2.75) is 25.8 Å². The van der Waals surface area contributed by atoms with Gasteiger partial charge >= 0.3 is 5.97 Å². The van der Waals surface area contributed by atoms with Crippen molar-refractivity contribution in [3.63, 3.8) is 0 Å². The van der Waals surface area contributed by atoms with E-state index in [-0.39, 0.29) is 5.91 Å². The second-order valence-corrected chi connectivity index (χ2v) is 5.71. The second kappa shape index (κ2) is 9.03. The fraction of sp³-hybridized carbons (Fsp3) is 0.278. The first-order valence-electron chi connectivity index (χ1n) is 7.72. The molecule has 24 heavy (non-hydrogen) atoms. The fourth-order valence-electron chi connectivity index (χ4n) is 2.24. The summed E-state index contributed by atoms with van der Waals surface area (Å²) < 4.78 is 6.74. The van der Waals surface area contributed by atoms with Crippen molar-refractivity contribution in [1.29, 1.82) is 0 Å². The maximum atomic E-state index is 12.0. The molecule has 0 saturated carbocycles. The van der Waals surface area contributed by atoms with Crippen LogP contribution in [-0.4, -0.2) is 19.0 Å². The Morgan fingerprint density at radius 3 is 2.62 bits per heavy atom. The van der Waals surface area contributed by atoms with Crippen molar-refractivity contribution in [3.8, 4) is 0 Å². The molecule has 1 aromatic carbocycles. The lowest BCUT2D eigenvalue weighted by molar-refractivity contribution is -0.697. The van der Waals surface area contributed by atoms with Crippen LogP contribution < -0.4 is 9.88 Å². The molecule has 1 aromatic heterocycles. The molecule has 0 spiro atoms. The minimum absolute atomic E-state index is 0.128. The molecule has 1 N–H and O–H groups in total. The third-order valence-electron chi connectivity index (χ3n) is 3.51. The topological polar surface area (TPSA) is 59.3 Å². The minimum atomic E-state index is -0.470. The molecule has 0 atom stereocenters. The van der Waals surface area contributed by atoms with E-state index < -0.39 is 5.97 Å². The van der Waals surface area contributed by atoms with Crippen LogP contribution in [0.15, 0.2) is 48.8 Å². The van der Waals surface area contributed by atoms with E-state index in [1.807, 2.05) is 30.6 Å². The Morgan fingerprint density at radius 1 is 1.17 bits per heavy atom. The smallest absolute Gasteiger partial charge is 0.337 e. The van der Waals surface area contributed by atoms with Gasteiger partial charge in [-0.05, 0) is 24.6 Å². The number of aromatic nitrogens is 1. The highest BCUT2D eigenvalue weighted by molar-refractivity contribution is 6.33. The van der Waals surface area contributed by atoms with Crippen LogP contribution in [0.2, 0.25) is 5.02 Å². The van der Waals surface area contributed by atoms with Gasteiger partial charge in [0.2, 0.25) is 5.91 Å². The zero-order valence-electron chi connectivity index (χ0n) is 13.5. The number of carbonyl (C=O) groups excluding carboxylic acids is 2. The number of benzene rings is 1. The predicted octanol–water partition coefficient (Wildman–Crippen LogP) is 3.22. The molecular formula is C18H20ClN2O3+. The van der Waals surface area contributed by atoms with E-state index in [4.69, 9.17) is 11.6 Å². The molecule has 2 rings (SSSR count). The molecule has 126 valence electrons. The van der Waals surface area contributed by atoms with Crippen molar-refractivity contribution in [3.05, 3.63) is 59.4 Å². The molecule has 2 aromatic rings. The normalized spacial score (nSPS) is 10.2. The number of hydrogen-bond acceptors (Lipinski definition) is 3. The summed E-state index contributed by atoms with van der Waals surface area (Å²) in [4.78, 5) is 23.6. The van der Waals surface area contributed by atoms with Gasteiger partial charge in [0.05, 0.1) is 23.4 Å². The Labute approximate surface area is 146 Å². The largest absolute Gasteiger partial charge is 0.465 e. The summed E-state index contributed by atoms with van der Waals surface area (Å²) in [7, 11) is 1.31. The molecule has 0 fully saturated rings. The van der Waals surface area contributed by atoms with E-state index in [0.29, 0.717) is 22.7 Å². The first-order valence-corrected chi connectivity index (χ1v) is 8.10.